The Morgan fingerprint density at radius 2 is 1.72 bits per heavy atom. The Balaban J connectivity index is 2.26. The summed E-state index contributed by atoms with van der Waals surface area (Å²) in [5, 5.41) is 0. The molecule has 0 saturated carbocycles. The van der Waals surface area contributed by atoms with Gasteiger partial charge in [0.2, 0.25) is 0 Å². The molecule has 1 aromatic carbocycles. The molecule has 18 heavy (non-hydrogen) atoms. The van der Waals surface area contributed by atoms with Crippen LogP contribution in [-0.2, 0) is 0 Å². The summed E-state index contributed by atoms with van der Waals surface area (Å²) in [7, 11) is 0. The smallest absolute Gasteiger partial charge is 0.406 e. The van der Waals surface area contributed by atoms with Crippen LogP contribution in [-0.4, -0.2) is 11.3 Å². The number of nitrogens with zero attached hydrogens (tertiary/aromatic N) is 1. The number of pyridine rings is 1. The van der Waals surface area contributed by atoms with Crippen LogP contribution < -0.4 is 10.5 Å². The molecule has 0 radical (unpaired) electrons. The van der Waals surface area contributed by atoms with E-state index in [2.05, 4.69) is 9.72 Å². The second-order valence-corrected chi connectivity index (χ2v) is 3.54. The summed E-state index contributed by atoms with van der Waals surface area (Å²) in [5.41, 5.74) is 7.59. The van der Waals surface area contributed by atoms with Crippen LogP contribution in [0.25, 0.3) is 11.1 Å². The van der Waals surface area contributed by atoms with Gasteiger partial charge in [-0.2, -0.15) is 0 Å². The zero-order valence-corrected chi connectivity index (χ0v) is 9.11. The van der Waals surface area contributed by atoms with Crippen molar-refractivity contribution in [2.24, 2.45) is 0 Å². The fraction of sp³-hybridized carbons (Fsp3) is 0.0833. The van der Waals surface area contributed by atoms with Gasteiger partial charge >= 0.3 is 6.36 Å². The fourth-order valence-corrected chi connectivity index (χ4v) is 1.48. The lowest BCUT2D eigenvalue weighted by molar-refractivity contribution is -0.274. The predicted molar refractivity (Wildman–Crippen MR) is 60.8 cm³/mol. The van der Waals surface area contributed by atoms with E-state index in [1.54, 1.807) is 18.5 Å². The first-order valence-electron chi connectivity index (χ1n) is 5.01. The van der Waals surface area contributed by atoms with Crippen molar-refractivity contribution in [3.8, 4) is 16.9 Å². The molecule has 2 N–H and O–H groups in total. The van der Waals surface area contributed by atoms with Crippen LogP contribution in [0.2, 0.25) is 0 Å². The maximum absolute atomic E-state index is 12.0. The van der Waals surface area contributed by atoms with E-state index in [0.29, 0.717) is 16.8 Å². The highest BCUT2D eigenvalue weighted by Gasteiger charge is 2.30. The van der Waals surface area contributed by atoms with Crippen molar-refractivity contribution in [2.45, 2.75) is 6.36 Å². The van der Waals surface area contributed by atoms with Gasteiger partial charge in [0.15, 0.2) is 0 Å². The molecule has 0 amide bonds. The van der Waals surface area contributed by atoms with Gasteiger partial charge in [0.25, 0.3) is 0 Å². The van der Waals surface area contributed by atoms with E-state index in [1.807, 2.05) is 0 Å². The lowest BCUT2D eigenvalue weighted by Gasteiger charge is -2.10. The summed E-state index contributed by atoms with van der Waals surface area (Å²) in [5.74, 6) is -0.270. The van der Waals surface area contributed by atoms with Crippen LogP contribution in [0.4, 0.5) is 18.9 Å². The molecule has 1 heterocycles. The maximum Gasteiger partial charge on any atom is 0.573 e. The number of halogens is 3. The monoisotopic (exact) mass is 254 g/mol. The molecule has 0 aliphatic heterocycles. The number of nitrogen functional groups attached to an aromatic ring is 1. The van der Waals surface area contributed by atoms with Crippen molar-refractivity contribution in [2.75, 3.05) is 5.73 Å². The van der Waals surface area contributed by atoms with Gasteiger partial charge < -0.3 is 10.5 Å². The van der Waals surface area contributed by atoms with Crippen LogP contribution in [0.5, 0.6) is 5.75 Å². The molecule has 2 rings (SSSR count). The molecular formula is C12H9F3N2O. The van der Waals surface area contributed by atoms with E-state index in [0.717, 1.165) is 0 Å². The number of hydrogen-bond donors (Lipinski definition) is 1. The molecule has 0 unspecified atom stereocenters. The van der Waals surface area contributed by atoms with Crippen molar-refractivity contribution >= 4 is 5.69 Å². The minimum Gasteiger partial charge on any atom is -0.406 e. The first-order valence-corrected chi connectivity index (χ1v) is 5.01. The Bertz CT molecular complexity index is 538. The average Bonchev–Trinajstić information content (AvgIpc) is 2.29. The number of anilines is 1. The van der Waals surface area contributed by atoms with Gasteiger partial charge in [-0.25, -0.2) is 0 Å². The molecule has 0 aliphatic carbocycles. The number of aromatic nitrogens is 1. The Morgan fingerprint density at radius 1 is 1.06 bits per heavy atom. The third-order valence-electron chi connectivity index (χ3n) is 2.25. The molecule has 0 aliphatic rings. The number of benzene rings is 1. The van der Waals surface area contributed by atoms with Crippen LogP contribution in [0.3, 0.4) is 0 Å². The minimum atomic E-state index is -4.69. The van der Waals surface area contributed by atoms with Gasteiger partial charge in [0.05, 0.1) is 0 Å². The second kappa shape index (κ2) is 4.56. The molecule has 0 atom stereocenters. The van der Waals surface area contributed by atoms with Crippen LogP contribution in [0.1, 0.15) is 0 Å². The Labute approximate surface area is 101 Å². The molecule has 0 bridgehead atoms. The molecular weight excluding hydrogens is 245 g/mol. The van der Waals surface area contributed by atoms with Gasteiger partial charge in [-0.15, -0.1) is 13.2 Å². The number of nitrogens with two attached hydrogens (primary N) is 1. The summed E-state index contributed by atoms with van der Waals surface area (Å²) in [4.78, 5) is 3.91. The van der Waals surface area contributed by atoms with Gasteiger partial charge in [-0.05, 0) is 23.8 Å². The predicted octanol–water partition coefficient (Wildman–Crippen LogP) is 3.23. The van der Waals surface area contributed by atoms with E-state index in [-0.39, 0.29) is 5.75 Å². The molecule has 3 nitrogen and oxygen atoms in total. The number of ether oxygens (including phenoxy) is 1. The largest absolute Gasteiger partial charge is 0.573 e. The lowest BCUT2D eigenvalue weighted by Crippen LogP contribution is -2.16. The average molecular weight is 254 g/mol. The molecule has 1 aromatic heterocycles. The van der Waals surface area contributed by atoms with E-state index >= 15 is 0 Å². The van der Waals surface area contributed by atoms with E-state index in [4.69, 9.17) is 5.73 Å². The van der Waals surface area contributed by atoms with Gasteiger partial charge in [0, 0.05) is 23.6 Å². The molecule has 2 aromatic rings. The summed E-state index contributed by atoms with van der Waals surface area (Å²) >= 11 is 0. The standard InChI is InChI=1S/C12H9F3N2O/c13-12(14,15)18-9-3-1-8(2-4-9)10-7-17-6-5-11(10)16/h1-7H,(H2,16,17). The van der Waals surface area contributed by atoms with Gasteiger partial charge in [0.1, 0.15) is 5.75 Å². The third kappa shape index (κ3) is 2.91. The highest BCUT2D eigenvalue weighted by molar-refractivity contribution is 5.75. The molecule has 0 fully saturated rings. The van der Waals surface area contributed by atoms with Crippen LogP contribution >= 0.6 is 0 Å². The summed E-state index contributed by atoms with van der Waals surface area (Å²) in [6.45, 7) is 0. The Morgan fingerprint density at radius 3 is 2.28 bits per heavy atom. The first kappa shape index (κ1) is 12.2. The summed E-state index contributed by atoms with van der Waals surface area (Å²) in [6, 6.07) is 7.07. The van der Waals surface area contributed by atoms with Crippen LogP contribution in [0, 0.1) is 0 Å². The van der Waals surface area contributed by atoms with Crippen molar-refractivity contribution in [1.82, 2.24) is 4.98 Å². The molecule has 0 spiro atoms. The summed E-state index contributed by atoms with van der Waals surface area (Å²) in [6.07, 6.45) is -1.59. The minimum absolute atomic E-state index is 0.270. The van der Waals surface area contributed by atoms with Crippen molar-refractivity contribution in [1.29, 1.82) is 0 Å². The number of hydrogen-bond acceptors (Lipinski definition) is 3. The number of rotatable bonds is 2. The topological polar surface area (TPSA) is 48.1 Å². The van der Waals surface area contributed by atoms with Crippen molar-refractivity contribution in [3.05, 3.63) is 42.7 Å². The zero-order chi connectivity index (χ0) is 13.2. The van der Waals surface area contributed by atoms with Crippen molar-refractivity contribution < 1.29 is 17.9 Å². The van der Waals surface area contributed by atoms with E-state index in [9.17, 15) is 13.2 Å². The van der Waals surface area contributed by atoms with Crippen LogP contribution in [0.15, 0.2) is 42.7 Å². The fourth-order valence-electron chi connectivity index (χ4n) is 1.48. The van der Waals surface area contributed by atoms with Gasteiger partial charge in [-0.3, -0.25) is 4.98 Å². The third-order valence-corrected chi connectivity index (χ3v) is 2.25. The zero-order valence-electron chi connectivity index (χ0n) is 9.11. The Hall–Kier alpha value is -2.24. The SMILES string of the molecule is Nc1ccncc1-c1ccc(OC(F)(F)F)cc1. The molecule has 6 heteroatoms. The quantitative estimate of drug-likeness (QED) is 0.895. The summed E-state index contributed by atoms with van der Waals surface area (Å²) < 4.78 is 39.7. The van der Waals surface area contributed by atoms with E-state index < -0.39 is 6.36 Å². The van der Waals surface area contributed by atoms with Crippen molar-refractivity contribution in [3.63, 3.8) is 0 Å². The number of alkyl halides is 3. The highest BCUT2D eigenvalue weighted by Crippen LogP contribution is 2.28. The second-order valence-electron chi connectivity index (χ2n) is 3.54. The Kier molecular flexibility index (Phi) is 3.10. The lowest BCUT2D eigenvalue weighted by atomic mass is 10.1. The van der Waals surface area contributed by atoms with Gasteiger partial charge in [-0.1, -0.05) is 12.1 Å². The molecule has 94 valence electrons. The molecule has 0 saturated heterocycles. The normalized spacial score (nSPS) is 11.3. The first-order chi connectivity index (χ1) is 8.46. The maximum atomic E-state index is 12.0. The highest BCUT2D eigenvalue weighted by atomic mass is 19.4. The van der Waals surface area contributed by atoms with E-state index in [1.165, 1.54) is 24.3 Å².